The first kappa shape index (κ1) is 15.3. The number of allylic oxidation sites excluding steroid dienone is 1. The molecule has 0 bridgehead atoms. The first-order valence-electron chi connectivity index (χ1n) is 9.20. The minimum atomic E-state index is -0.0694. The lowest BCUT2D eigenvalue weighted by Crippen LogP contribution is -2.27. The SMILES string of the molecule is Cc1ccc([C@H]2Nc3ccc4ncccc4c3C3=C2C(=O)CCC3)cc1. The van der Waals surface area contributed by atoms with E-state index in [-0.39, 0.29) is 11.8 Å². The van der Waals surface area contributed by atoms with E-state index in [1.54, 1.807) is 0 Å². The summed E-state index contributed by atoms with van der Waals surface area (Å²) >= 11 is 0. The number of aromatic nitrogens is 1. The number of ketones is 1. The van der Waals surface area contributed by atoms with Crippen LogP contribution < -0.4 is 5.32 Å². The Morgan fingerprint density at radius 1 is 1.04 bits per heavy atom. The van der Waals surface area contributed by atoms with Crippen molar-refractivity contribution in [3.63, 3.8) is 0 Å². The number of hydrogen-bond donors (Lipinski definition) is 1. The van der Waals surface area contributed by atoms with Crippen LogP contribution in [0.4, 0.5) is 5.69 Å². The molecule has 0 spiro atoms. The average Bonchev–Trinajstić information content (AvgIpc) is 2.68. The van der Waals surface area contributed by atoms with Gasteiger partial charge in [-0.3, -0.25) is 9.78 Å². The number of nitrogens with zero attached hydrogens (tertiary/aromatic N) is 1. The highest BCUT2D eigenvalue weighted by Crippen LogP contribution is 2.47. The molecule has 1 aromatic heterocycles. The molecular weight excluding hydrogens is 320 g/mol. The van der Waals surface area contributed by atoms with Crippen molar-refractivity contribution in [2.75, 3.05) is 5.32 Å². The number of rotatable bonds is 1. The maximum atomic E-state index is 12.9. The molecule has 2 heterocycles. The lowest BCUT2D eigenvalue weighted by atomic mass is 9.77. The standard InChI is InChI=1S/C23H20N2O/c1-14-7-9-15(10-8-14)23-22-17(4-2-6-20(22)26)21-16-5-3-13-24-18(16)11-12-19(21)25-23/h3,5,7-13,23,25H,2,4,6H2,1H3/t23-/m1/s1. The molecule has 0 radical (unpaired) electrons. The molecule has 1 aliphatic heterocycles. The molecule has 0 fully saturated rings. The number of nitrogens with one attached hydrogen (secondary N) is 1. The quantitative estimate of drug-likeness (QED) is 0.660. The van der Waals surface area contributed by atoms with E-state index in [0.29, 0.717) is 6.42 Å². The maximum absolute atomic E-state index is 12.9. The van der Waals surface area contributed by atoms with Gasteiger partial charge in [0.05, 0.1) is 11.6 Å². The molecule has 1 atom stereocenters. The summed E-state index contributed by atoms with van der Waals surface area (Å²) in [6.45, 7) is 2.09. The van der Waals surface area contributed by atoms with Gasteiger partial charge in [0.1, 0.15) is 0 Å². The second-order valence-electron chi connectivity index (χ2n) is 7.22. The third kappa shape index (κ3) is 2.27. The van der Waals surface area contributed by atoms with Gasteiger partial charge >= 0.3 is 0 Å². The van der Waals surface area contributed by atoms with E-state index in [1.165, 1.54) is 16.7 Å². The Balaban J connectivity index is 1.78. The van der Waals surface area contributed by atoms with Gasteiger partial charge in [-0.1, -0.05) is 35.9 Å². The van der Waals surface area contributed by atoms with Gasteiger partial charge in [-0.2, -0.15) is 0 Å². The molecule has 2 aromatic carbocycles. The number of aryl methyl sites for hydroxylation is 1. The largest absolute Gasteiger partial charge is 0.373 e. The molecule has 1 N–H and O–H groups in total. The minimum absolute atomic E-state index is 0.0694. The van der Waals surface area contributed by atoms with E-state index >= 15 is 0 Å². The molecule has 128 valence electrons. The number of carbonyl (C=O) groups is 1. The second-order valence-corrected chi connectivity index (χ2v) is 7.22. The molecule has 2 aliphatic rings. The molecule has 3 heteroatoms. The van der Waals surface area contributed by atoms with Crippen LogP contribution in [0.5, 0.6) is 0 Å². The Hall–Kier alpha value is -2.94. The van der Waals surface area contributed by atoms with E-state index < -0.39 is 0 Å². The molecule has 0 amide bonds. The number of Topliss-reactive ketones (excluding diaryl/α,β-unsaturated/α-hetero) is 1. The zero-order valence-corrected chi connectivity index (χ0v) is 14.8. The van der Waals surface area contributed by atoms with Gasteiger partial charge in [0.25, 0.3) is 0 Å². The molecular formula is C23H20N2O. The smallest absolute Gasteiger partial charge is 0.161 e. The molecule has 3 aromatic rings. The van der Waals surface area contributed by atoms with Crippen LogP contribution in [-0.2, 0) is 4.79 Å². The molecule has 0 saturated carbocycles. The van der Waals surface area contributed by atoms with Crippen LogP contribution >= 0.6 is 0 Å². The normalized spacial score (nSPS) is 19.1. The van der Waals surface area contributed by atoms with Crippen molar-refractivity contribution in [1.29, 1.82) is 0 Å². The fraction of sp³-hybridized carbons (Fsp3) is 0.217. The summed E-state index contributed by atoms with van der Waals surface area (Å²) in [4.78, 5) is 17.4. The third-order valence-corrected chi connectivity index (χ3v) is 5.54. The number of fused-ring (bicyclic) bond motifs is 4. The van der Waals surface area contributed by atoms with Crippen molar-refractivity contribution in [2.45, 2.75) is 32.2 Å². The summed E-state index contributed by atoms with van der Waals surface area (Å²) in [5, 5.41) is 4.77. The fourth-order valence-electron chi connectivity index (χ4n) is 4.29. The Bertz CT molecular complexity index is 1060. The highest BCUT2D eigenvalue weighted by atomic mass is 16.1. The summed E-state index contributed by atoms with van der Waals surface area (Å²) in [5.41, 5.74) is 7.78. The average molecular weight is 340 g/mol. The summed E-state index contributed by atoms with van der Waals surface area (Å²) < 4.78 is 0. The van der Waals surface area contributed by atoms with E-state index in [2.05, 4.69) is 59.7 Å². The topological polar surface area (TPSA) is 42.0 Å². The van der Waals surface area contributed by atoms with Gasteiger partial charge in [0.15, 0.2) is 5.78 Å². The molecule has 5 rings (SSSR count). The Kier molecular flexibility index (Phi) is 3.42. The van der Waals surface area contributed by atoms with Gasteiger partial charge in [-0.25, -0.2) is 0 Å². The zero-order valence-electron chi connectivity index (χ0n) is 14.8. The van der Waals surface area contributed by atoms with Crippen LogP contribution in [0.15, 0.2) is 60.3 Å². The summed E-state index contributed by atoms with van der Waals surface area (Å²) in [7, 11) is 0. The first-order chi connectivity index (χ1) is 12.7. The monoisotopic (exact) mass is 340 g/mol. The lowest BCUT2D eigenvalue weighted by molar-refractivity contribution is -0.116. The van der Waals surface area contributed by atoms with Crippen LogP contribution in [0.1, 0.15) is 42.0 Å². The number of carbonyl (C=O) groups excluding carboxylic acids is 1. The third-order valence-electron chi connectivity index (χ3n) is 5.54. The number of pyridine rings is 1. The zero-order chi connectivity index (χ0) is 17.7. The van der Waals surface area contributed by atoms with Crippen molar-refractivity contribution in [3.8, 4) is 0 Å². The van der Waals surface area contributed by atoms with Gasteiger partial charge in [0.2, 0.25) is 0 Å². The summed E-state index contributed by atoms with van der Waals surface area (Å²) in [6.07, 6.45) is 4.34. The van der Waals surface area contributed by atoms with Crippen molar-refractivity contribution >= 4 is 27.9 Å². The Morgan fingerprint density at radius 3 is 2.73 bits per heavy atom. The van der Waals surface area contributed by atoms with Crippen molar-refractivity contribution in [3.05, 3.63) is 77.0 Å². The van der Waals surface area contributed by atoms with Crippen molar-refractivity contribution in [1.82, 2.24) is 4.98 Å². The van der Waals surface area contributed by atoms with Gasteiger partial charge in [0, 0.05) is 34.8 Å². The predicted octanol–water partition coefficient (Wildman–Crippen LogP) is 5.22. The Labute approximate surface area is 152 Å². The number of benzene rings is 2. The van der Waals surface area contributed by atoms with E-state index in [9.17, 15) is 4.79 Å². The van der Waals surface area contributed by atoms with E-state index in [1.807, 2.05) is 12.3 Å². The number of hydrogen-bond acceptors (Lipinski definition) is 3. The van der Waals surface area contributed by atoms with Crippen LogP contribution in [0.2, 0.25) is 0 Å². The highest BCUT2D eigenvalue weighted by molar-refractivity contribution is 6.12. The fourth-order valence-corrected chi connectivity index (χ4v) is 4.29. The van der Waals surface area contributed by atoms with Crippen LogP contribution in [-0.4, -0.2) is 10.8 Å². The van der Waals surface area contributed by atoms with E-state index in [4.69, 9.17) is 0 Å². The molecule has 26 heavy (non-hydrogen) atoms. The molecule has 3 nitrogen and oxygen atoms in total. The van der Waals surface area contributed by atoms with Crippen molar-refractivity contribution in [2.24, 2.45) is 0 Å². The van der Waals surface area contributed by atoms with Gasteiger partial charge in [-0.15, -0.1) is 0 Å². The van der Waals surface area contributed by atoms with Crippen LogP contribution in [0, 0.1) is 6.92 Å². The molecule has 1 aliphatic carbocycles. The van der Waals surface area contributed by atoms with Gasteiger partial charge < -0.3 is 5.32 Å². The predicted molar refractivity (Wildman–Crippen MR) is 105 cm³/mol. The Morgan fingerprint density at radius 2 is 1.88 bits per heavy atom. The van der Waals surface area contributed by atoms with Crippen molar-refractivity contribution < 1.29 is 4.79 Å². The first-order valence-corrected chi connectivity index (χ1v) is 9.20. The highest BCUT2D eigenvalue weighted by Gasteiger charge is 2.34. The van der Waals surface area contributed by atoms with Crippen LogP contribution in [0.3, 0.4) is 0 Å². The van der Waals surface area contributed by atoms with E-state index in [0.717, 1.165) is 40.6 Å². The number of anilines is 1. The second kappa shape index (κ2) is 5.80. The summed E-state index contributed by atoms with van der Waals surface area (Å²) in [6, 6.07) is 16.7. The molecule has 0 saturated heterocycles. The molecule has 0 unspecified atom stereocenters. The summed E-state index contributed by atoms with van der Waals surface area (Å²) in [5.74, 6) is 0.274. The maximum Gasteiger partial charge on any atom is 0.161 e. The van der Waals surface area contributed by atoms with Crippen LogP contribution in [0.25, 0.3) is 16.5 Å². The van der Waals surface area contributed by atoms with Gasteiger partial charge in [-0.05, 0) is 49.1 Å². The lowest BCUT2D eigenvalue weighted by Gasteiger charge is -2.35. The minimum Gasteiger partial charge on any atom is -0.373 e.